The Labute approximate surface area is 213 Å². The summed E-state index contributed by atoms with van der Waals surface area (Å²) in [6.45, 7) is 1.66. The minimum Gasteiger partial charge on any atom is -0.335 e. The van der Waals surface area contributed by atoms with Gasteiger partial charge in [0.05, 0.1) is 10.6 Å². The molecule has 2 amide bonds. The molecule has 37 heavy (non-hydrogen) atoms. The van der Waals surface area contributed by atoms with Gasteiger partial charge in [0.25, 0.3) is 0 Å². The van der Waals surface area contributed by atoms with Gasteiger partial charge in [0, 0.05) is 68.5 Å². The van der Waals surface area contributed by atoms with E-state index in [1.54, 1.807) is 31.0 Å². The van der Waals surface area contributed by atoms with Gasteiger partial charge in [0.2, 0.25) is 0 Å². The predicted molar refractivity (Wildman–Crippen MR) is 136 cm³/mol. The number of anilines is 2. The number of nitrogens with one attached hydrogen (secondary N) is 2. The van der Waals surface area contributed by atoms with E-state index in [4.69, 9.17) is 0 Å². The van der Waals surface area contributed by atoms with Crippen LogP contribution >= 0.6 is 0 Å². The van der Waals surface area contributed by atoms with Crippen molar-refractivity contribution in [2.45, 2.75) is 30.2 Å². The Balaban J connectivity index is 1.26. The first-order valence-electron chi connectivity index (χ1n) is 11.8. The predicted octanol–water partition coefficient (Wildman–Crippen LogP) is 3.50. The number of aromatic nitrogens is 4. The fourth-order valence-electron chi connectivity index (χ4n) is 4.45. The van der Waals surface area contributed by atoms with E-state index in [9.17, 15) is 17.6 Å². The van der Waals surface area contributed by atoms with Gasteiger partial charge in [0.1, 0.15) is 5.82 Å². The van der Waals surface area contributed by atoms with E-state index >= 15 is 0 Å². The van der Waals surface area contributed by atoms with Crippen LogP contribution in [-0.4, -0.2) is 58.0 Å². The smallest absolute Gasteiger partial charge is 0.317 e. The number of fused-ring (bicyclic) bond motifs is 1. The third-order valence-electron chi connectivity index (χ3n) is 6.45. The molecule has 192 valence electrons. The van der Waals surface area contributed by atoms with Gasteiger partial charge in [0.15, 0.2) is 21.3 Å². The molecule has 12 heteroatoms. The molecule has 3 aromatic heterocycles. The Bertz CT molecular complexity index is 1530. The van der Waals surface area contributed by atoms with Crippen molar-refractivity contribution >= 4 is 33.0 Å². The number of carbonyl (C=O) groups is 1. The molecule has 10 nitrogen and oxygen atoms in total. The quantitative estimate of drug-likeness (QED) is 0.397. The summed E-state index contributed by atoms with van der Waals surface area (Å²) in [5.41, 5.74) is 2.56. The second-order valence-electron chi connectivity index (χ2n) is 8.97. The van der Waals surface area contributed by atoms with Crippen LogP contribution in [0.5, 0.6) is 0 Å². The highest BCUT2D eigenvalue weighted by molar-refractivity contribution is 7.90. The molecule has 0 unspecified atom stereocenters. The van der Waals surface area contributed by atoms with E-state index in [1.807, 2.05) is 21.4 Å². The molecule has 0 bridgehead atoms. The third-order valence-corrected chi connectivity index (χ3v) is 7.56. The maximum Gasteiger partial charge on any atom is 0.317 e. The number of hydrogen-bond donors (Lipinski definition) is 2. The van der Waals surface area contributed by atoms with Crippen LogP contribution in [0.2, 0.25) is 0 Å². The molecule has 1 fully saturated rings. The Morgan fingerprint density at radius 2 is 1.95 bits per heavy atom. The average molecular weight is 524 g/mol. The molecular formula is C25H26FN7O3S. The number of imidazole rings is 1. The molecule has 1 aromatic carbocycles. The number of pyridine rings is 1. The minimum atomic E-state index is -3.52. The lowest BCUT2D eigenvalue weighted by Crippen LogP contribution is -2.43. The normalized spacial score (nSPS) is 14.6. The molecule has 0 radical (unpaired) electrons. The number of amides is 2. The van der Waals surface area contributed by atoms with Crippen LogP contribution < -0.4 is 10.6 Å². The Morgan fingerprint density at radius 3 is 2.65 bits per heavy atom. The summed E-state index contributed by atoms with van der Waals surface area (Å²) in [6, 6.07) is 7.36. The molecule has 1 aliphatic heterocycles. The number of likely N-dealkylation sites (tertiary alicyclic amines) is 1. The molecule has 5 rings (SSSR count). The fourth-order valence-corrected chi connectivity index (χ4v) is 5.09. The molecule has 2 N–H and O–H groups in total. The SMILES string of the molecule is CS(=O)(=O)c1ccc(Nc2nccn3c(C4CCN(C(=O)NCc5cccnc5)CC4)cnc23)c(F)c1. The summed E-state index contributed by atoms with van der Waals surface area (Å²) in [7, 11) is -3.52. The van der Waals surface area contributed by atoms with E-state index < -0.39 is 15.7 Å². The van der Waals surface area contributed by atoms with Crippen molar-refractivity contribution < 1.29 is 17.6 Å². The van der Waals surface area contributed by atoms with Gasteiger partial charge in [-0.05, 0) is 42.7 Å². The number of urea groups is 1. The lowest BCUT2D eigenvalue weighted by atomic mass is 9.94. The standard InChI is InChI=1S/C25H26FN7O3S/c1-37(35,36)19-4-5-21(20(26)13-19)31-23-24-29-16-22(33(24)12-9-28-23)18-6-10-32(11-7-18)25(34)30-15-17-3-2-8-27-14-17/h2-5,8-9,12-14,16,18H,6-7,10-11,15H2,1H3,(H,28,31)(H,30,34). The van der Waals surface area contributed by atoms with Crippen molar-refractivity contribution in [2.75, 3.05) is 24.7 Å². The van der Waals surface area contributed by atoms with Gasteiger partial charge in [-0.2, -0.15) is 0 Å². The van der Waals surface area contributed by atoms with Crippen molar-refractivity contribution in [2.24, 2.45) is 0 Å². The van der Waals surface area contributed by atoms with Crippen molar-refractivity contribution in [1.29, 1.82) is 0 Å². The van der Waals surface area contributed by atoms with Gasteiger partial charge >= 0.3 is 6.03 Å². The first-order chi connectivity index (χ1) is 17.8. The highest BCUT2D eigenvalue weighted by Gasteiger charge is 2.26. The van der Waals surface area contributed by atoms with E-state index in [1.165, 1.54) is 12.1 Å². The van der Waals surface area contributed by atoms with Gasteiger partial charge in [-0.1, -0.05) is 6.07 Å². The largest absolute Gasteiger partial charge is 0.335 e. The van der Waals surface area contributed by atoms with Gasteiger partial charge in [-0.25, -0.2) is 27.6 Å². The lowest BCUT2D eigenvalue weighted by Gasteiger charge is -2.31. The van der Waals surface area contributed by atoms with E-state index in [0.29, 0.717) is 31.1 Å². The zero-order valence-corrected chi connectivity index (χ0v) is 20.9. The highest BCUT2D eigenvalue weighted by atomic mass is 32.2. The first kappa shape index (κ1) is 24.6. The maximum atomic E-state index is 14.6. The number of hydrogen-bond acceptors (Lipinski definition) is 7. The minimum absolute atomic E-state index is 0.0955. The molecule has 0 atom stereocenters. The van der Waals surface area contributed by atoms with Gasteiger partial charge in [-0.15, -0.1) is 0 Å². The summed E-state index contributed by atoms with van der Waals surface area (Å²) in [5, 5.41) is 5.87. The second kappa shape index (κ2) is 10.1. The summed E-state index contributed by atoms with van der Waals surface area (Å²) in [5.74, 6) is -0.155. The third kappa shape index (κ3) is 5.38. The fraction of sp³-hybridized carbons (Fsp3) is 0.280. The number of carbonyl (C=O) groups excluding carboxylic acids is 1. The molecule has 4 heterocycles. The van der Waals surface area contributed by atoms with Crippen LogP contribution in [-0.2, 0) is 16.4 Å². The molecule has 4 aromatic rings. The summed E-state index contributed by atoms with van der Waals surface area (Å²) < 4.78 is 39.9. The monoisotopic (exact) mass is 523 g/mol. The number of sulfone groups is 1. The van der Waals surface area contributed by atoms with Crippen molar-refractivity contribution in [3.63, 3.8) is 0 Å². The van der Waals surface area contributed by atoms with Crippen molar-refractivity contribution in [1.82, 2.24) is 29.6 Å². The number of benzene rings is 1. The first-order valence-corrected chi connectivity index (χ1v) is 13.7. The molecule has 1 aliphatic rings. The zero-order valence-electron chi connectivity index (χ0n) is 20.1. The summed E-state index contributed by atoms with van der Waals surface area (Å²) in [6.07, 6.45) is 11.2. The van der Waals surface area contributed by atoms with Crippen LogP contribution in [0.3, 0.4) is 0 Å². The van der Waals surface area contributed by atoms with Crippen molar-refractivity contribution in [3.8, 4) is 0 Å². The van der Waals surface area contributed by atoms with Crippen LogP contribution in [0.15, 0.2) is 66.2 Å². The lowest BCUT2D eigenvalue weighted by molar-refractivity contribution is 0.180. The average Bonchev–Trinajstić information content (AvgIpc) is 3.34. The number of piperidine rings is 1. The van der Waals surface area contributed by atoms with E-state index in [-0.39, 0.29) is 22.5 Å². The Kier molecular flexibility index (Phi) is 6.74. The molecule has 1 saturated heterocycles. The number of nitrogens with zero attached hydrogens (tertiary/aromatic N) is 5. The zero-order chi connectivity index (χ0) is 26.0. The molecule has 0 saturated carbocycles. The van der Waals surface area contributed by atoms with Crippen LogP contribution in [0.4, 0.5) is 20.7 Å². The molecule has 0 spiro atoms. The maximum absolute atomic E-state index is 14.6. The van der Waals surface area contributed by atoms with Crippen LogP contribution in [0.1, 0.15) is 30.0 Å². The molecule has 0 aliphatic carbocycles. The Hall–Kier alpha value is -4.06. The molecular weight excluding hydrogens is 497 g/mol. The second-order valence-corrected chi connectivity index (χ2v) is 11.0. The van der Waals surface area contributed by atoms with Gasteiger partial charge in [-0.3, -0.25) is 9.38 Å². The van der Waals surface area contributed by atoms with Crippen molar-refractivity contribution in [3.05, 3.63) is 78.4 Å². The highest BCUT2D eigenvalue weighted by Crippen LogP contribution is 2.31. The number of rotatable bonds is 6. The van der Waals surface area contributed by atoms with Crippen LogP contribution in [0, 0.1) is 5.82 Å². The van der Waals surface area contributed by atoms with Gasteiger partial charge < -0.3 is 15.5 Å². The van der Waals surface area contributed by atoms with E-state index in [0.717, 1.165) is 36.4 Å². The number of halogens is 1. The van der Waals surface area contributed by atoms with E-state index in [2.05, 4.69) is 25.6 Å². The van der Waals surface area contributed by atoms with Crippen LogP contribution in [0.25, 0.3) is 5.65 Å². The Morgan fingerprint density at radius 1 is 1.14 bits per heavy atom. The summed E-state index contributed by atoms with van der Waals surface area (Å²) >= 11 is 0. The summed E-state index contributed by atoms with van der Waals surface area (Å²) in [4.78, 5) is 27.2. The topological polar surface area (TPSA) is 122 Å².